The molecule has 0 saturated carbocycles. The molecule has 2 nitrogen and oxygen atoms in total. The Hall–Kier alpha value is -1.80. The van der Waals surface area contributed by atoms with Crippen LogP contribution in [-0.2, 0) is 4.79 Å². The molecule has 0 aliphatic rings. The molecule has 0 bridgehead atoms. The van der Waals surface area contributed by atoms with E-state index in [0.29, 0.717) is 0 Å². The van der Waals surface area contributed by atoms with Gasteiger partial charge in [-0.15, -0.1) is 11.6 Å². The molecule has 0 spiro atoms. The van der Waals surface area contributed by atoms with Gasteiger partial charge >= 0.3 is 0 Å². The SMILES string of the molecule is NC(=O)C(Cl)c1ccc(-c2ccccc2)cc1. The monoisotopic (exact) mass is 245 g/mol. The Balaban J connectivity index is 2.28. The van der Waals surface area contributed by atoms with Gasteiger partial charge in [0, 0.05) is 0 Å². The lowest BCUT2D eigenvalue weighted by Crippen LogP contribution is -2.16. The highest BCUT2D eigenvalue weighted by Crippen LogP contribution is 2.24. The molecule has 2 rings (SSSR count). The summed E-state index contributed by atoms with van der Waals surface area (Å²) in [6, 6.07) is 17.5. The maximum absolute atomic E-state index is 10.9. The molecule has 2 aromatic rings. The van der Waals surface area contributed by atoms with Gasteiger partial charge in [0.15, 0.2) is 0 Å². The first kappa shape index (κ1) is 11.7. The van der Waals surface area contributed by atoms with Gasteiger partial charge in [-0.25, -0.2) is 0 Å². The molecule has 0 heterocycles. The fourth-order valence-corrected chi connectivity index (χ4v) is 1.78. The lowest BCUT2D eigenvalue weighted by atomic mass is 10.0. The van der Waals surface area contributed by atoms with Gasteiger partial charge in [-0.2, -0.15) is 0 Å². The molecule has 86 valence electrons. The molecule has 2 N–H and O–H groups in total. The third-order valence-corrected chi connectivity index (χ3v) is 3.03. The second-order valence-corrected chi connectivity index (χ2v) is 4.19. The predicted molar refractivity (Wildman–Crippen MR) is 69.7 cm³/mol. The number of halogens is 1. The Kier molecular flexibility index (Phi) is 3.45. The van der Waals surface area contributed by atoms with Crippen molar-refractivity contribution in [3.8, 4) is 11.1 Å². The van der Waals surface area contributed by atoms with Gasteiger partial charge < -0.3 is 5.73 Å². The zero-order chi connectivity index (χ0) is 12.3. The zero-order valence-electron chi connectivity index (χ0n) is 9.14. The summed E-state index contributed by atoms with van der Waals surface area (Å²) in [5.41, 5.74) is 8.08. The summed E-state index contributed by atoms with van der Waals surface area (Å²) in [6.45, 7) is 0. The molecular formula is C14H12ClNO. The molecule has 17 heavy (non-hydrogen) atoms. The van der Waals surface area contributed by atoms with Crippen molar-refractivity contribution in [2.45, 2.75) is 5.38 Å². The van der Waals surface area contributed by atoms with Gasteiger partial charge in [0.2, 0.25) is 5.91 Å². The minimum atomic E-state index is -0.764. The topological polar surface area (TPSA) is 43.1 Å². The van der Waals surface area contributed by atoms with E-state index in [1.54, 1.807) is 0 Å². The van der Waals surface area contributed by atoms with Crippen molar-refractivity contribution >= 4 is 17.5 Å². The van der Waals surface area contributed by atoms with E-state index in [-0.39, 0.29) is 0 Å². The Morgan fingerprint density at radius 3 is 2.00 bits per heavy atom. The number of carbonyl (C=O) groups is 1. The number of rotatable bonds is 3. The molecule has 3 heteroatoms. The lowest BCUT2D eigenvalue weighted by Gasteiger charge is -2.07. The average Bonchev–Trinajstić information content (AvgIpc) is 2.39. The molecular weight excluding hydrogens is 234 g/mol. The maximum atomic E-state index is 10.9. The van der Waals surface area contributed by atoms with Crippen molar-refractivity contribution in [3.63, 3.8) is 0 Å². The van der Waals surface area contributed by atoms with Gasteiger partial charge in [-0.05, 0) is 16.7 Å². The summed E-state index contributed by atoms with van der Waals surface area (Å²) in [7, 11) is 0. The fraction of sp³-hybridized carbons (Fsp3) is 0.0714. The van der Waals surface area contributed by atoms with Gasteiger partial charge in [0.05, 0.1) is 0 Å². The van der Waals surface area contributed by atoms with Crippen LogP contribution in [0.1, 0.15) is 10.9 Å². The number of amides is 1. The van der Waals surface area contributed by atoms with E-state index in [1.807, 2.05) is 54.6 Å². The summed E-state index contributed by atoms with van der Waals surface area (Å²) in [5, 5.41) is -0.764. The highest BCUT2D eigenvalue weighted by atomic mass is 35.5. The van der Waals surface area contributed by atoms with Crippen LogP contribution >= 0.6 is 11.6 Å². The molecule has 0 fully saturated rings. The lowest BCUT2D eigenvalue weighted by molar-refractivity contribution is -0.117. The van der Waals surface area contributed by atoms with Crippen LogP contribution in [0.5, 0.6) is 0 Å². The van der Waals surface area contributed by atoms with Crippen molar-refractivity contribution in [1.29, 1.82) is 0 Å². The smallest absolute Gasteiger partial charge is 0.240 e. The zero-order valence-corrected chi connectivity index (χ0v) is 9.89. The predicted octanol–water partition coefficient (Wildman–Crippen LogP) is 3.12. The van der Waals surface area contributed by atoms with Gasteiger partial charge in [-0.3, -0.25) is 4.79 Å². The minimum Gasteiger partial charge on any atom is -0.368 e. The van der Waals surface area contributed by atoms with E-state index in [2.05, 4.69) is 0 Å². The van der Waals surface area contributed by atoms with Crippen LogP contribution in [-0.4, -0.2) is 5.91 Å². The molecule has 0 aliphatic carbocycles. The Labute approximate surface area is 105 Å². The number of primary amides is 1. The number of hydrogen-bond acceptors (Lipinski definition) is 1. The van der Waals surface area contributed by atoms with E-state index in [9.17, 15) is 4.79 Å². The number of hydrogen-bond donors (Lipinski definition) is 1. The van der Waals surface area contributed by atoms with Crippen LogP contribution in [0.2, 0.25) is 0 Å². The Bertz CT molecular complexity index is 508. The van der Waals surface area contributed by atoms with E-state index < -0.39 is 11.3 Å². The molecule has 0 aliphatic heterocycles. The normalized spacial score (nSPS) is 12.1. The van der Waals surface area contributed by atoms with Gasteiger partial charge in [-0.1, -0.05) is 54.6 Å². The highest BCUT2D eigenvalue weighted by Gasteiger charge is 2.13. The van der Waals surface area contributed by atoms with Crippen LogP contribution in [0.3, 0.4) is 0 Å². The average molecular weight is 246 g/mol. The highest BCUT2D eigenvalue weighted by molar-refractivity contribution is 6.30. The second-order valence-electron chi connectivity index (χ2n) is 3.75. The van der Waals surface area contributed by atoms with Crippen molar-refractivity contribution in [2.75, 3.05) is 0 Å². The number of benzene rings is 2. The van der Waals surface area contributed by atoms with Crippen molar-refractivity contribution < 1.29 is 4.79 Å². The number of carbonyl (C=O) groups excluding carboxylic acids is 1. The van der Waals surface area contributed by atoms with Crippen LogP contribution < -0.4 is 5.73 Å². The Morgan fingerprint density at radius 1 is 0.941 bits per heavy atom. The molecule has 0 radical (unpaired) electrons. The summed E-state index contributed by atoms with van der Waals surface area (Å²) in [6.07, 6.45) is 0. The standard InChI is InChI=1S/C14H12ClNO/c15-13(14(16)17)12-8-6-11(7-9-12)10-4-2-1-3-5-10/h1-9,13H,(H2,16,17). The number of nitrogens with two attached hydrogens (primary N) is 1. The third kappa shape index (κ3) is 2.66. The molecule has 0 saturated heterocycles. The summed E-state index contributed by atoms with van der Waals surface area (Å²) in [5.74, 6) is -0.529. The van der Waals surface area contributed by atoms with Crippen LogP contribution in [0.4, 0.5) is 0 Å². The van der Waals surface area contributed by atoms with Gasteiger partial charge in [0.1, 0.15) is 5.38 Å². The van der Waals surface area contributed by atoms with Gasteiger partial charge in [0.25, 0.3) is 0 Å². The Morgan fingerprint density at radius 2 is 1.47 bits per heavy atom. The second kappa shape index (κ2) is 5.02. The van der Waals surface area contributed by atoms with Crippen LogP contribution in [0.15, 0.2) is 54.6 Å². The van der Waals surface area contributed by atoms with E-state index in [1.165, 1.54) is 0 Å². The first-order chi connectivity index (χ1) is 8.18. The minimum absolute atomic E-state index is 0.529. The van der Waals surface area contributed by atoms with Crippen molar-refractivity contribution in [1.82, 2.24) is 0 Å². The van der Waals surface area contributed by atoms with Crippen molar-refractivity contribution in [3.05, 3.63) is 60.2 Å². The van der Waals surface area contributed by atoms with Crippen molar-refractivity contribution in [2.24, 2.45) is 5.73 Å². The number of alkyl halides is 1. The first-order valence-corrected chi connectivity index (χ1v) is 5.71. The third-order valence-electron chi connectivity index (χ3n) is 2.56. The van der Waals surface area contributed by atoms with E-state index >= 15 is 0 Å². The molecule has 1 amide bonds. The fourth-order valence-electron chi connectivity index (χ4n) is 1.64. The quantitative estimate of drug-likeness (QED) is 0.830. The first-order valence-electron chi connectivity index (χ1n) is 5.27. The molecule has 1 unspecified atom stereocenters. The molecule has 0 aromatic heterocycles. The van der Waals surface area contributed by atoms with Crippen LogP contribution in [0, 0.1) is 0 Å². The molecule has 2 aromatic carbocycles. The summed E-state index contributed by atoms with van der Waals surface area (Å²) in [4.78, 5) is 10.9. The van der Waals surface area contributed by atoms with E-state index in [4.69, 9.17) is 17.3 Å². The largest absolute Gasteiger partial charge is 0.368 e. The summed E-state index contributed by atoms with van der Waals surface area (Å²) < 4.78 is 0. The molecule has 1 atom stereocenters. The maximum Gasteiger partial charge on any atom is 0.240 e. The van der Waals surface area contributed by atoms with E-state index in [0.717, 1.165) is 16.7 Å². The summed E-state index contributed by atoms with van der Waals surface area (Å²) >= 11 is 5.86. The van der Waals surface area contributed by atoms with Crippen LogP contribution in [0.25, 0.3) is 11.1 Å².